The van der Waals surface area contributed by atoms with E-state index >= 15 is 0 Å². The van der Waals surface area contributed by atoms with Crippen LogP contribution >= 0.6 is 11.6 Å². The maximum absolute atomic E-state index is 6.49. The lowest BCUT2D eigenvalue weighted by Crippen LogP contribution is -2.03. The Labute approximate surface area is 241 Å². The van der Waals surface area contributed by atoms with Crippen molar-refractivity contribution in [2.75, 3.05) is 5.32 Å². The number of anilines is 2. The summed E-state index contributed by atoms with van der Waals surface area (Å²) < 4.78 is 2.19. The lowest BCUT2D eigenvalue weighted by molar-refractivity contribution is 1.01. The topological polar surface area (TPSA) is 42.7 Å². The summed E-state index contributed by atoms with van der Waals surface area (Å²) in [6.45, 7) is 0. The summed E-state index contributed by atoms with van der Waals surface area (Å²) in [5.74, 6) is 0.651. The number of nitrogens with zero attached hydrogens (tertiary/aromatic N) is 3. The van der Waals surface area contributed by atoms with Gasteiger partial charge in [-0.2, -0.15) is 0 Å². The quantitative estimate of drug-likeness (QED) is 0.239. The monoisotopic (exact) mass is 546 g/mol. The molecule has 5 heteroatoms. The highest BCUT2D eigenvalue weighted by Crippen LogP contribution is 2.40. The fraction of sp³-hybridized carbons (Fsp3) is 0. The maximum atomic E-state index is 6.49. The second-order valence-corrected chi connectivity index (χ2v) is 10.5. The second-order valence-electron chi connectivity index (χ2n) is 10.1. The molecule has 1 N–H and O–H groups in total. The fourth-order valence-electron chi connectivity index (χ4n) is 5.84. The summed E-state index contributed by atoms with van der Waals surface area (Å²) in [7, 11) is 0. The van der Waals surface area contributed by atoms with Crippen molar-refractivity contribution >= 4 is 66.5 Å². The predicted octanol–water partition coefficient (Wildman–Crippen LogP) is 9.94. The van der Waals surface area contributed by atoms with Crippen LogP contribution < -0.4 is 5.32 Å². The second kappa shape index (κ2) is 9.47. The van der Waals surface area contributed by atoms with Gasteiger partial charge < -0.3 is 5.32 Å². The van der Waals surface area contributed by atoms with Crippen molar-refractivity contribution in [3.8, 4) is 17.2 Å². The molecule has 194 valence electrons. The summed E-state index contributed by atoms with van der Waals surface area (Å²) in [5.41, 5.74) is 6.90. The van der Waals surface area contributed by atoms with E-state index in [1.165, 1.54) is 5.39 Å². The van der Waals surface area contributed by atoms with E-state index in [0.717, 1.165) is 60.7 Å². The Hall–Kier alpha value is -5.19. The van der Waals surface area contributed by atoms with Crippen LogP contribution in [0.4, 0.5) is 11.4 Å². The third-order valence-electron chi connectivity index (χ3n) is 7.68. The van der Waals surface area contributed by atoms with E-state index in [1.807, 2.05) is 54.6 Å². The first kappa shape index (κ1) is 23.7. The van der Waals surface area contributed by atoms with Crippen LogP contribution in [0, 0.1) is 0 Å². The van der Waals surface area contributed by atoms with Crippen molar-refractivity contribution in [3.63, 3.8) is 0 Å². The van der Waals surface area contributed by atoms with Crippen LogP contribution in [0.3, 0.4) is 0 Å². The minimum absolute atomic E-state index is 0.651. The van der Waals surface area contributed by atoms with Gasteiger partial charge in [0.15, 0.2) is 0 Å². The molecular formula is C36H23ClN4. The molecule has 4 nitrogen and oxygen atoms in total. The van der Waals surface area contributed by atoms with Gasteiger partial charge >= 0.3 is 0 Å². The summed E-state index contributed by atoms with van der Waals surface area (Å²) in [6, 6.07) is 45.6. The third-order valence-corrected chi connectivity index (χ3v) is 8.01. The zero-order chi connectivity index (χ0) is 27.3. The van der Waals surface area contributed by atoms with Gasteiger partial charge in [-0.25, -0.2) is 9.97 Å². The van der Waals surface area contributed by atoms with Gasteiger partial charge in [0.05, 0.1) is 33.0 Å². The summed E-state index contributed by atoms with van der Waals surface area (Å²) in [4.78, 5) is 10.3. The Morgan fingerprint density at radius 1 is 0.512 bits per heavy atom. The summed E-state index contributed by atoms with van der Waals surface area (Å²) >= 11 is 6.49. The summed E-state index contributed by atoms with van der Waals surface area (Å²) in [5, 5.41) is 9.85. The molecule has 8 rings (SSSR count). The van der Waals surface area contributed by atoms with Crippen molar-refractivity contribution in [1.82, 2.24) is 14.5 Å². The Morgan fingerprint density at radius 2 is 1.22 bits per heavy atom. The molecular weight excluding hydrogens is 524 g/mol. The maximum Gasteiger partial charge on any atom is 0.235 e. The molecule has 0 spiro atoms. The van der Waals surface area contributed by atoms with Gasteiger partial charge in [0.1, 0.15) is 0 Å². The van der Waals surface area contributed by atoms with Crippen LogP contribution in [0.2, 0.25) is 5.02 Å². The van der Waals surface area contributed by atoms with Gasteiger partial charge in [0, 0.05) is 32.8 Å². The number of aromatic nitrogens is 3. The predicted molar refractivity (Wildman–Crippen MR) is 172 cm³/mol. The fourth-order valence-corrected chi connectivity index (χ4v) is 6.02. The lowest BCUT2D eigenvalue weighted by Gasteiger charge is -2.13. The Morgan fingerprint density at radius 3 is 2.10 bits per heavy atom. The zero-order valence-corrected chi connectivity index (χ0v) is 22.7. The Bertz CT molecular complexity index is 2250. The van der Waals surface area contributed by atoms with Gasteiger partial charge in [-0.05, 0) is 41.8 Å². The molecule has 41 heavy (non-hydrogen) atoms. The van der Waals surface area contributed by atoms with E-state index < -0.39 is 0 Å². The van der Waals surface area contributed by atoms with E-state index in [4.69, 9.17) is 21.6 Å². The first-order valence-electron chi connectivity index (χ1n) is 13.6. The Kier molecular flexibility index (Phi) is 5.47. The standard InChI is InChI=1S/C36H23ClN4/c37-28-16-6-8-18-31(28)38-29-19-10-15-25-24(29)21-22-33-34(25)27-14-5-9-20-32(27)41(33)36-39-30-17-7-4-13-26(30)35(40-36)23-11-2-1-3-12-23/h1-22,38H. The number of para-hydroxylation sites is 3. The van der Waals surface area contributed by atoms with Crippen LogP contribution in [-0.2, 0) is 0 Å². The average Bonchev–Trinajstić information content (AvgIpc) is 3.37. The zero-order valence-electron chi connectivity index (χ0n) is 21.9. The van der Waals surface area contributed by atoms with E-state index in [2.05, 4.69) is 88.7 Å². The molecule has 6 aromatic carbocycles. The summed E-state index contributed by atoms with van der Waals surface area (Å²) in [6.07, 6.45) is 0. The van der Waals surface area contributed by atoms with Gasteiger partial charge in [0.2, 0.25) is 5.95 Å². The molecule has 0 bridgehead atoms. The minimum Gasteiger partial charge on any atom is -0.354 e. The molecule has 0 saturated heterocycles. The van der Waals surface area contributed by atoms with Crippen LogP contribution in [-0.4, -0.2) is 14.5 Å². The highest BCUT2D eigenvalue weighted by atomic mass is 35.5. The SMILES string of the molecule is Clc1ccccc1Nc1cccc2c1ccc1c2c2ccccc2n1-c1nc(-c2ccccc2)c2ccccc2n1. The minimum atomic E-state index is 0.651. The molecule has 8 aromatic rings. The molecule has 0 saturated carbocycles. The van der Waals surface area contributed by atoms with Crippen molar-refractivity contribution in [2.45, 2.75) is 0 Å². The van der Waals surface area contributed by atoms with E-state index in [0.29, 0.717) is 11.0 Å². The van der Waals surface area contributed by atoms with Crippen molar-refractivity contribution in [3.05, 3.63) is 138 Å². The molecule has 0 fully saturated rings. The first-order chi connectivity index (χ1) is 20.3. The molecule has 0 aliphatic heterocycles. The molecule has 2 aromatic heterocycles. The average molecular weight is 547 g/mol. The van der Waals surface area contributed by atoms with E-state index in [9.17, 15) is 0 Å². The number of benzene rings is 6. The van der Waals surface area contributed by atoms with Crippen LogP contribution in [0.5, 0.6) is 0 Å². The lowest BCUT2D eigenvalue weighted by atomic mass is 10.0. The number of hydrogen-bond donors (Lipinski definition) is 1. The van der Waals surface area contributed by atoms with Gasteiger partial charge in [0.25, 0.3) is 0 Å². The van der Waals surface area contributed by atoms with Gasteiger partial charge in [-0.1, -0.05) is 109 Å². The number of halogens is 1. The first-order valence-corrected chi connectivity index (χ1v) is 13.9. The third kappa shape index (κ3) is 3.84. The van der Waals surface area contributed by atoms with E-state index in [-0.39, 0.29) is 0 Å². The van der Waals surface area contributed by atoms with Crippen molar-refractivity contribution < 1.29 is 0 Å². The molecule has 2 heterocycles. The largest absolute Gasteiger partial charge is 0.354 e. The molecule has 0 atom stereocenters. The molecule has 0 aliphatic carbocycles. The van der Waals surface area contributed by atoms with Crippen molar-refractivity contribution in [1.29, 1.82) is 0 Å². The smallest absolute Gasteiger partial charge is 0.235 e. The van der Waals surface area contributed by atoms with Gasteiger partial charge in [-0.3, -0.25) is 4.57 Å². The van der Waals surface area contributed by atoms with E-state index in [1.54, 1.807) is 0 Å². The molecule has 0 aliphatic rings. The number of nitrogens with one attached hydrogen (secondary N) is 1. The van der Waals surface area contributed by atoms with Crippen LogP contribution in [0.15, 0.2) is 133 Å². The van der Waals surface area contributed by atoms with Crippen LogP contribution in [0.25, 0.3) is 60.7 Å². The number of fused-ring (bicyclic) bond motifs is 6. The highest BCUT2D eigenvalue weighted by molar-refractivity contribution is 6.33. The number of rotatable bonds is 4. The number of hydrogen-bond acceptors (Lipinski definition) is 3. The van der Waals surface area contributed by atoms with Gasteiger partial charge in [-0.15, -0.1) is 0 Å². The molecule has 0 unspecified atom stereocenters. The van der Waals surface area contributed by atoms with Crippen LogP contribution in [0.1, 0.15) is 0 Å². The molecule has 0 radical (unpaired) electrons. The normalized spacial score (nSPS) is 11.5. The van der Waals surface area contributed by atoms with Crippen molar-refractivity contribution in [2.24, 2.45) is 0 Å². The molecule has 0 amide bonds. The highest BCUT2D eigenvalue weighted by Gasteiger charge is 2.19. The Balaban J connectivity index is 1.42.